The molecule has 3 N–H and O–H groups in total. The van der Waals surface area contributed by atoms with E-state index in [4.69, 9.17) is 19.6 Å². The second-order valence-corrected chi connectivity index (χ2v) is 8.58. The molecule has 0 saturated carbocycles. The highest BCUT2D eigenvalue weighted by Gasteiger charge is 2.18. The van der Waals surface area contributed by atoms with Crippen LogP contribution in [0.5, 0.6) is 5.75 Å². The van der Waals surface area contributed by atoms with E-state index in [2.05, 4.69) is 47.5 Å². The number of hydrogen-bond acceptors (Lipinski definition) is 11. The lowest BCUT2D eigenvalue weighted by Gasteiger charge is -2.36. The van der Waals surface area contributed by atoms with Crippen LogP contribution >= 0.6 is 0 Å². The Morgan fingerprint density at radius 3 is 2.68 bits per heavy atom. The molecule has 0 bridgehead atoms. The van der Waals surface area contributed by atoms with E-state index >= 15 is 0 Å². The van der Waals surface area contributed by atoms with Gasteiger partial charge < -0.3 is 24.5 Å². The number of aromatic nitrogens is 4. The van der Waals surface area contributed by atoms with Crippen molar-refractivity contribution >= 4 is 34.7 Å². The highest BCUT2D eigenvalue weighted by molar-refractivity contribution is 5.88. The number of benzene rings is 1. The monoisotopic (exact) mass is 505 g/mol. The molecule has 0 amide bonds. The van der Waals surface area contributed by atoms with Crippen LogP contribution in [0.25, 0.3) is 11.0 Å². The third kappa shape index (κ3) is 6.16. The van der Waals surface area contributed by atoms with Crippen LogP contribution < -0.4 is 20.8 Å². The van der Waals surface area contributed by atoms with E-state index in [1.54, 1.807) is 31.9 Å². The molecule has 1 aliphatic heterocycles. The molecule has 12 nitrogen and oxygen atoms in total. The molecule has 0 spiro atoms. The van der Waals surface area contributed by atoms with Gasteiger partial charge in [-0.3, -0.25) is 10.3 Å². The number of rotatable bonds is 11. The lowest BCUT2D eigenvalue weighted by Crippen LogP contribution is -2.47. The Kier molecular flexibility index (Phi) is 7.77. The van der Waals surface area contributed by atoms with Crippen LogP contribution in [0.3, 0.4) is 0 Å². The maximum absolute atomic E-state index is 5.97. The van der Waals surface area contributed by atoms with Crippen molar-refractivity contribution in [1.29, 1.82) is 0 Å². The smallest absolute Gasteiger partial charge is 0.224 e. The summed E-state index contributed by atoms with van der Waals surface area (Å²) in [6, 6.07) is 11.9. The van der Waals surface area contributed by atoms with Crippen LogP contribution in [0, 0.1) is 0 Å². The van der Waals surface area contributed by atoms with Crippen LogP contribution in [-0.2, 0) is 11.3 Å². The first-order valence-corrected chi connectivity index (χ1v) is 12.2. The van der Waals surface area contributed by atoms with E-state index < -0.39 is 0 Å². The summed E-state index contributed by atoms with van der Waals surface area (Å²) in [5, 5.41) is 9.46. The van der Waals surface area contributed by atoms with E-state index in [1.807, 2.05) is 22.9 Å². The van der Waals surface area contributed by atoms with Crippen LogP contribution in [0.1, 0.15) is 5.76 Å². The van der Waals surface area contributed by atoms with E-state index in [0.717, 1.165) is 43.9 Å². The number of furan rings is 1. The summed E-state index contributed by atoms with van der Waals surface area (Å²) in [6.07, 6.45) is 4.89. The molecule has 1 aliphatic rings. The molecule has 0 radical (unpaired) electrons. The normalized spacial score (nSPS) is 14.6. The number of ether oxygens (including phenoxy) is 2. The van der Waals surface area contributed by atoms with Gasteiger partial charge in [0.15, 0.2) is 11.5 Å². The largest absolute Gasteiger partial charge is 0.491 e. The second kappa shape index (κ2) is 11.7. The number of methoxy groups -OCH3 is 1. The van der Waals surface area contributed by atoms with E-state index in [-0.39, 0.29) is 5.95 Å². The van der Waals surface area contributed by atoms with E-state index in [1.165, 1.54) is 5.69 Å². The maximum Gasteiger partial charge on any atom is 0.224 e. The highest BCUT2D eigenvalue weighted by atomic mass is 16.5. The molecule has 1 aromatic carbocycles. The Hall–Kier alpha value is -4.16. The third-order valence-corrected chi connectivity index (χ3v) is 6.18. The second-order valence-electron chi connectivity index (χ2n) is 8.58. The molecule has 5 rings (SSSR count). The van der Waals surface area contributed by atoms with Gasteiger partial charge in [-0.05, 0) is 36.4 Å². The van der Waals surface area contributed by atoms with Crippen LogP contribution in [-0.4, -0.2) is 83.9 Å². The van der Waals surface area contributed by atoms with Gasteiger partial charge in [-0.2, -0.15) is 20.2 Å². The lowest BCUT2D eigenvalue weighted by molar-refractivity contribution is 0.146. The van der Waals surface area contributed by atoms with Crippen molar-refractivity contribution < 1.29 is 13.9 Å². The SMILES string of the molecule is COCCOc1ccc(N2CCN(CCn3ncc4c(NN=Cc5ccco5)nc(N)nc43)CC2)cc1. The van der Waals surface area contributed by atoms with Crippen molar-refractivity contribution in [3.05, 3.63) is 54.6 Å². The molecule has 3 aromatic heterocycles. The highest BCUT2D eigenvalue weighted by Crippen LogP contribution is 2.22. The first kappa shape index (κ1) is 24.5. The molecule has 37 heavy (non-hydrogen) atoms. The summed E-state index contributed by atoms with van der Waals surface area (Å²) in [5.74, 6) is 2.15. The minimum absolute atomic E-state index is 0.161. The first-order chi connectivity index (χ1) is 18.2. The molecule has 4 heterocycles. The number of fused-ring (bicyclic) bond motifs is 1. The van der Waals surface area contributed by atoms with Gasteiger partial charge in [0.05, 0.1) is 37.2 Å². The number of hydrazone groups is 1. The zero-order valence-electron chi connectivity index (χ0n) is 20.8. The molecular weight excluding hydrogens is 474 g/mol. The molecule has 1 saturated heterocycles. The average Bonchev–Trinajstić information content (AvgIpc) is 3.58. The van der Waals surface area contributed by atoms with Gasteiger partial charge in [-0.25, -0.2) is 4.68 Å². The quantitative estimate of drug-likeness (QED) is 0.178. The van der Waals surface area contributed by atoms with Gasteiger partial charge in [0.1, 0.15) is 18.1 Å². The predicted molar refractivity (Wildman–Crippen MR) is 142 cm³/mol. The first-order valence-electron chi connectivity index (χ1n) is 12.2. The number of nitrogens with two attached hydrogens (primary N) is 1. The van der Waals surface area contributed by atoms with Gasteiger partial charge in [0.2, 0.25) is 5.95 Å². The van der Waals surface area contributed by atoms with Crippen molar-refractivity contribution in [2.45, 2.75) is 6.54 Å². The van der Waals surface area contributed by atoms with E-state index in [0.29, 0.717) is 37.0 Å². The molecular formula is C25H31N9O3. The summed E-state index contributed by atoms with van der Waals surface area (Å²) < 4.78 is 17.8. The van der Waals surface area contributed by atoms with Gasteiger partial charge >= 0.3 is 0 Å². The van der Waals surface area contributed by atoms with Crippen molar-refractivity contribution in [2.75, 3.05) is 69.1 Å². The summed E-state index contributed by atoms with van der Waals surface area (Å²) in [6.45, 7) is 6.55. The number of nitrogens with one attached hydrogen (secondary N) is 1. The summed E-state index contributed by atoms with van der Waals surface area (Å²) in [4.78, 5) is 13.5. The number of nitrogen functional groups attached to an aromatic ring is 1. The molecule has 0 aliphatic carbocycles. The zero-order valence-corrected chi connectivity index (χ0v) is 20.8. The molecule has 4 aromatic rings. The Morgan fingerprint density at radius 2 is 1.92 bits per heavy atom. The lowest BCUT2D eigenvalue weighted by atomic mass is 10.2. The minimum atomic E-state index is 0.161. The number of hydrogen-bond donors (Lipinski definition) is 2. The minimum Gasteiger partial charge on any atom is -0.491 e. The van der Waals surface area contributed by atoms with Crippen molar-refractivity contribution in [2.24, 2.45) is 5.10 Å². The topological polar surface area (TPSA) is 132 Å². The molecule has 1 fully saturated rings. The zero-order chi connectivity index (χ0) is 25.5. The molecule has 12 heteroatoms. The Morgan fingerprint density at radius 1 is 1.08 bits per heavy atom. The summed E-state index contributed by atoms with van der Waals surface area (Å²) in [5.41, 5.74) is 10.8. The van der Waals surface area contributed by atoms with Crippen LogP contribution in [0.4, 0.5) is 17.5 Å². The molecule has 0 unspecified atom stereocenters. The maximum atomic E-state index is 5.97. The van der Waals surface area contributed by atoms with Gasteiger partial charge in [-0.1, -0.05) is 0 Å². The standard InChI is InChI=1S/C25H31N9O3/c1-35-15-16-37-20-6-4-19(5-7-20)33-11-8-32(9-12-33)10-13-34-24-22(18-28-34)23(29-25(26)30-24)31-27-17-21-3-2-14-36-21/h2-7,14,17-18H,8-13,15-16H2,1H3,(H3,26,29,30,31). The van der Waals surface area contributed by atoms with Crippen molar-refractivity contribution in [3.63, 3.8) is 0 Å². The van der Waals surface area contributed by atoms with E-state index in [9.17, 15) is 0 Å². The number of nitrogens with zero attached hydrogens (tertiary/aromatic N) is 7. The Balaban J connectivity index is 1.14. The number of anilines is 3. The summed E-state index contributed by atoms with van der Waals surface area (Å²) >= 11 is 0. The predicted octanol–water partition coefficient (Wildman–Crippen LogP) is 2.29. The van der Waals surface area contributed by atoms with Gasteiger partial charge in [0, 0.05) is 45.5 Å². The number of piperazine rings is 1. The third-order valence-electron chi connectivity index (χ3n) is 6.18. The average molecular weight is 506 g/mol. The fraction of sp³-hybridized carbons (Fsp3) is 0.360. The molecule has 0 atom stereocenters. The Labute approximate surface area is 214 Å². The Bertz CT molecular complexity index is 1300. The van der Waals surface area contributed by atoms with Crippen LogP contribution in [0.2, 0.25) is 0 Å². The fourth-order valence-corrected chi connectivity index (χ4v) is 4.20. The van der Waals surface area contributed by atoms with Crippen molar-refractivity contribution in [1.82, 2.24) is 24.6 Å². The molecule has 194 valence electrons. The van der Waals surface area contributed by atoms with Gasteiger partial charge in [-0.15, -0.1) is 0 Å². The van der Waals surface area contributed by atoms with Gasteiger partial charge in [0.25, 0.3) is 0 Å². The summed E-state index contributed by atoms with van der Waals surface area (Å²) in [7, 11) is 1.67. The van der Waals surface area contributed by atoms with Crippen LogP contribution in [0.15, 0.2) is 58.4 Å². The fourth-order valence-electron chi connectivity index (χ4n) is 4.20. The van der Waals surface area contributed by atoms with Crippen molar-refractivity contribution in [3.8, 4) is 5.75 Å².